The highest BCUT2D eigenvalue weighted by Gasteiger charge is 2.20. The second-order valence-corrected chi connectivity index (χ2v) is 8.89. The SMILES string of the molecule is Cc1ccc(-n2ncc3c(C(C)C)nn(CC(=O)Nc4cccc(C)c4C)c(=O)c32)cc1C. The van der Waals surface area contributed by atoms with Gasteiger partial charge in [0.25, 0.3) is 5.56 Å². The minimum atomic E-state index is -0.346. The molecule has 0 aliphatic heterocycles. The van der Waals surface area contributed by atoms with E-state index in [-0.39, 0.29) is 23.9 Å². The highest BCUT2D eigenvalue weighted by molar-refractivity contribution is 5.91. The fraction of sp³-hybridized carbons (Fsp3) is 0.308. The fourth-order valence-electron chi connectivity index (χ4n) is 3.89. The second-order valence-electron chi connectivity index (χ2n) is 8.89. The monoisotopic (exact) mass is 443 g/mol. The first kappa shape index (κ1) is 22.5. The number of hydrogen-bond acceptors (Lipinski definition) is 4. The molecular formula is C26H29N5O2. The van der Waals surface area contributed by atoms with Crippen molar-refractivity contribution in [2.45, 2.75) is 54.0 Å². The number of aryl methyl sites for hydroxylation is 3. The molecule has 1 amide bonds. The number of nitrogens with zero attached hydrogens (tertiary/aromatic N) is 4. The predicted molar refractivity (Wildman–Crippen MR) is 131 cm³/mol. The van der Waals surface area contributed by atoms with E-state index in [2.05, 4.69) is 15.5 Å². The van der Waals surface area contributed by atoms with E-state index in [1.54, 1.807) is 10.9 Å². The molecule has 0 unspecified atom stereocenters. The van der Waals surface area contributed by atoms with Crippen molar-refractivity contribution in [3.63, 3.8) is 0 Å². The molecule has 7 nitrogen and oxygen atoms in total. The molecule has 2 aromatic carbocycles. The first-order valence-electron chi connectivity index (χ1n) is 11.1. The van der Waals surface area contributed by atoms with Crippen molar-refractivity contribution >= 4 is 22.5 Å². The Hall–Kier alpha value is -3.74. The Morgan fingerprint density at radius 1 is 1.03 bits per heavy atom. The summed E-state index contributed by atoms with van der Waals surface area (Å²) in [5.41, 5.74) is 6.72. The van der Waals surface area contributed by atoms with Gasteiger partial charge in [-0.1, -0.05) is 32.0 Å². The van der Waals surface area contributed by atoms with Gasteiger partial charge in [0.2, 0.25) is 5.91 Å². The van der Waals surface area contributed by atoms with Gasteiger partial charge in [-0.3, -0.25) is 9.59 Å². The molecule has 0 spiro atoms. The van der Waals surface area contributed by atoms with Crippen LogP contribution in [0.2, 0.25) is 0 Å². The molecule has 0 fully saturated rings. The zero-order chi connectivity index (χ0) is 23.9. The van der Waals surface area contributed by atoms with Crippen LogP contribution < -0.4 is 10.9 Å². The van der Waals surface area contributed by atoms with E-state index in [0.717, 1.165) is 33.8 Å². The van der Waals surface area contributed by atoms with Crippen LogP contribution in [0.25, 0.3) is 16.6 Å². The van der Waals surface area contributed by atoms with Crippen molar-refractivity contribution in [1.82, 2.24) is 19.6 Å². The van der Waals surface area contributed by atoms with Crippen LogP contribution in [0.1, 0.15) is 47.7 Å². The molecule has 0 atom stereocenters. The summed E-state index contributed by atoms with van der Waals surface area (Å²) in [6.07, 6.45) is 1.69. The number of anilines is 1. The Morgan fingerprint density at radius 2 is 1.79 bits per heavy atom. The van der Waals surface area contributed by atoms with Gasteiger partial charge in [0.15, 0.2) is 0 Å². The maximum absolute atomic E-state index is 13.5. The molecule has 0 saturated heterocycles. The standard InChI is InChI=1S/C26H29N5O2/c1-15(2)24-21-13-27-31(20-11-10-16(3)18(5)12-20)25(21)26(33)30(29-24)14-23(32)28-22-9-7-8-17(4)19(22)6/h7-13,15H,14H2,1-6H3,(H,28,32). The lowest BCUT2D eigenvalue weighted by molar-refractivity contribution is -0.117. The molecule has 0 aliphatic rings. The van der Waals surface area contributed by atoms with Gasteiger partial charge in [-0.05, 0) is 74.1 Å². The number of carbonyl (C=O) groups is 1. The van der Waals surface area contributed by atoms with Gasteiger partial charge in [0.1, 0.15) is 12.1 Å². The van der Waals surface area contributed by atoms with Crippen LogP contribution >= 0.6 is 0 Å². The molecule has 4 rings (SSSR count). The Morgan fingerprint density at radius 3 is 2.48 bits per heavy atom. The molecule has 0 radical (unpaired) electrons. The van der Waals surface area contributed by atoms with Crippen molar-refractivity contribution in [2.24, 2.45) is 0 Å². The number of amides is 1. The van der Waals surface area contributed by atoms with E-state index in [0.29, 0.717) is 10.9 Å². The minimum absolute atomic E-state index is 0.0545. The lowest BCUT2D eigenvalue weighted by atomic mass is 10.1. The molecule has 170 valence electrons. The maximum Gasteiger partial charge on any atom is 0.293 e. The number of nitrogens with one attached hydrogen (secondary N) is 1. The molecule has 0 aliphatic carbocycles. The average Bonchev–Trinajstić information content (AvgIpc) is 3.20. The Kier molecular flexibility index (Phi) is 5.89. The molecule has 0 bridgehead atoms. The molecule has 2 heterocycles. The van der Waals surface area contributed by atoms with E-state index in [9.17, 15) is 9.59 Å². The highest BCUT2D eigenvalue weighted by atomic mass is 16.2. The summed E-state index contributed by atoms with van der Waals surface area (Å²) in [5, 5.41) is 12.7. The summed E-state index contributed by atoms with van der Waals surface area (Å²) < 4.78 is 2.90. The molecule has 4 aromatic rings. The van der Waals surface area contributed by atoms with Crippen molar-refractivity contribution in [1.29, 1.82) is 0 Å². The van der Waals surface area contributed by atoms with Crippen molar-refractivity contribution in [3.8, 4) is 5.69 Å². The Bertz CT molecular complexity index is 1430. The summed E-state index contributed by atoms with van der Waals surface area (Å²) in [6, 6.07) is 11.7. The van der Waals surface area contributed by atoms with Crippen LogP contribution in [-0.4, -0.2) is 25.5 Å². The van der Waals surface area contributed by atoms with Crippen LogP contribution in [0.4, 0.5) is 5.69 Å². The number of rotatable bonds is 5. The third-order valence-corrected chi connectivity index (χ3v) is 6.16. The number of benzene rings is 2. The van der Waals surface area contributed by atoms with Crippen molar-refractivity contribution < 1.29 is 4.79 Å². The lowest BCUT2D eigenvalue weighted by Crippen LogP contribution is -2.31. The van der Waals surface area contributed by atoms with E-state index < -0.39 is 0 Å². The van der Waals surface area contributed by atoms with E-state index >= 15 is 0 Å². The first-order valence-corrected chi connectivity index (χ1v) is 11.1. The third-order valence-electron chi connectivity index (χ3n) is 6.16. The first-order chi connectivity index (χ1) is 15.7. The predicted octanol–water partition coefficient (Wildman–Crippen LogP) is 4.58. The van der Waals surface area contributed by atoms with Gasteiger partial charge in [-0.2, -0.15) is 10.2 Å². The largest absolute Gasteiger partial charge is 0.324 e. The number of carbonyl (C=O) groups excluding carboxylic acids is 1. The molecule has 0 saturated carbocycles. The summed E-state index contributed by atoms with van der Waals surface area (Å²) in [5.74, 6) is -0.247. The van der Waals surface area contributed by atoms with Crippen LogP contribution in [0, 0.1) is 27.7 Å². The summed E-state index contributed by atoms with van der Waals surface area (Å²) in [6.45, 7) is 11.9. The summed E-state index contributed by atoms with van der Waals surface area (Å²) in [4.78, 5) is 26.3. The van der Waals surface area contributed by atoms with Gasteiger partial charge < -0.3 is 5.32 Å². The maximum atomic E-state index is 13.5. The van der Waals surface area contributed by atoms with Crippen LogP contribution in [0.15, 0.2) is 47.4 Å². The fourth-order valence-corrected chi connectivity index (χ4v) is 3.89. The van der Waals surface area contributed by atoms with E-state index in [1.807, 2.05) is 77.9 Å². The van der Waals surface area contributed by atoms with Gasteiger partial charge in [-0.25, -0.2) is 9.36 Å². The quantitative estimate of drug-likeness (QED) is 0.490. The Labute approximate surface area is 193 Å². The van der Waals surface area contributed by atoms with Gasteiger partial charge in [0.05, 0.1) is 17.6 Å². The van der Waals surface area contributed by atoms with Crippen LogP contribution in [0.5, 0.6) is 0 Å². The molecule has 33 heavy (non-hydrogen) atoms. The third kappa shape index (κ3) is 4.18. The number of hydrogen-bond donors (Lipinski definition) is 1. The zero-order valence-corrected chi connectivity index (χ0v) is 19.9. The molecule has 1 N–H and O–H groups in total. The van der Waals surface area contributed by atoms with E-state index in [1.165, 1.54) is 10.2 Å². The van der Waals surface area contributed by atoms with Gasteiger partial charge >= 0.3 is 0 Å². The molecular weight excluding hydrogens is 414 g/mol. The van der Waals surface area contributed by atoms with E-state index in [4.69, 9.17) is 0 Å². The minimum Gasteiger partial charge on any atom is -0.324 e. The average molecular weight is 444 g/mol. The van der Waals surface area contributed by atoms with Crippen molar-refractivity contribution in [3.05, 3.63) is 80.9 Å². The summed E-state index contributed by atoms with van der Waals surface area (Å²) >= 11 is 0. The van der Waals surface area contributed by atoms with Gasteiger partial charge in [-0.15, -0.1) is 0 Å². The summed E-state index contributed by atoms with van der Waals surface area (Å²) in [7, 11) is 0. The van der Waals surface area contributed by atoms with Crippen LogP contribution in [-0.2, 0) is 11.3 Å². The zero-order valence-electron chi connectivity index (χ0n) is 19.9. The molecule has 2 aromatic heterocycles. The number of fused-ring (bicyclic) bond motifs is 1. The smallest absolute Gasteiger partial charge is 0.293 e. The topological polar surface area (TPSA) is 81.8 Å². The second kappa shape index (κ2) is 8.65. The van der Waals surface area contributed by atoms with Crippen LogP contribution in [0.3, 0.4) is 0 Å². The van der Waals surface area contributed by atoms with Gasteiger partial charge in [0, 0.05) is 11.1 Å². The molecule has 7 heteroatoms. The Balaban J connectivity index is 1.79. The lowest BCUT2D eigenvalue weighted by Gasteiger charge is -2.14. The normalized spacial score (nSPS) is 11.4. The number of aromatic nitrogens is 4. The van der Waals surface area contributed by atoms with Crippen molar-refractivity contribution in [2.75, 3.05) is 5.32 Å². The highest BCUT2D eigenvalue weighted by Crippen LogP contribution is 2.24.